The number of carboxylic acids is 1. The van der Waals surface area contributed by atoms with Crippen LogP contribution in [0.1, 0.15) is 11.1 Å². The molecule has 1 fully saturated rings. The molecule has 1 atom stereocenters. The van der Waals surface area contributed by atoms with Crippen molar-refractivity contribution in [3.63, 3.8) is 0 Å². The van der Waals surface area contributed by atoms with Crippen LogP contribution in [0.3, 0.4) is 0 Å². The van der Waals surface area contributed by atoms with E-state index in [2.05, 4.69) is 5.32 Å². The van der Waals surface area contributed by atoms with Crippen molar-refractivity contribution in [1.29, 1.82) is 0 Å². The molecule has 1 aliphatic heterocycles. The largest absolute Gasteiger partial charge is 0.480 e. The second-order valence-corrected chi connectivity index (χ2v) is 5.20. The van der Waals surface area contributed by atoms with E-state index in [1.165, 1.54) is 0 Å². The van der Waals surface area contributed by atoms with Crippen molar-refractivity contribution in [2.24, 2.45) is 0 Å². The van der Waals surface area contributed by atoms with E-state index in [-0.39, 0.29) is 19.1 Å². The number of rotatable bonds is 4. The minimum atomic E-state index is -0.964. The van der Waals surface area contributed by atoms with Gasteiger partial charge >= 0.3 is 5.97 Å². The van der Waals surface area contributed by atoms with Crippen molar-refractivity contribution >= 4 is 17.6 Å². The number of nitrogens with zero attached hydrogens (tertiary/aromatic N) is 1. The summed E-state index contributed by atoms with van der Waals surface area (Å²) in [5, 5.41) is 12.0. The number of carbonyl (C=O) groups excluding carboxylic acids is 1. The topological polar surface area (TPSA) is 78.9 Å². The van der Waals surface area contributed by atoms with Gasteiger partial charge in [-0.1, -0.05) is 12.1 Å². The maximum Gasteiger partial charge on any atom is 0.323 e. The summed E-state index contributed by atoms with van der Waals surface area (Å²) in [4.78, 5) is 24.9. The molecule has 0 aromatic heterocycles. The van der Waals surface area contributed by atoms with E-state index >= 15 is 0 Å². The molecule has 1 amide bonds. The van der Waals surface area contributed by atoms with Gasteiger partial charge in [0.1, 0.15) is 6.04 Å². The van der Waals surface area contributed by atoms with Gasteiger partial charge in [0.2, 0.25) is 5.91 Å². The van der Waals surface area contributed by atoms with Gasteiger partial charge in [-0.05, 0) is 31.0 Å². The van der Waals surface area contributed by atoms with Gasteiger partial charge in [0.25, 0.3) is 0 Å². The second kappa shape index (κ2) is 6.69. The summed E-state index contributed by atoms with van der Waals surface area (Å²) in [6, 6.07) is 4.94. The number of hydrogen-bond acceptors (Lipinski definition) is 4. The normalized spacial score (nSPS) is 19.2. The van der Waals surface area contributed by atoms with Crippen molar-refractivity contribution in [3.8, 4) is 0 Å². The summed E-state index contributed by atoms with van der Waals surface area (Å²) < 4.78 is 5.15. The Hall–Kier alpha value is -1.92. The fraction of sp³-hybridized carbons (Fsp3) is 0.467. The van der Waals surface area contributed by atoms with E-state index in [0.29, 0.717) is 13.2 Å². The first-order valence-electron chi connectivity index (χ1n) is 6.89. The van der Waals surface area contributed by atoms with Crippen LogP contribution in [0, 0.1) is 13.8 Å². The highest BCUT2D eigenvalue weighted by atomic mass is 16.5. The zero-order valence-electron chi connectivity index (χ0n) is 12.3. The number of nitrogens with one attached hydrogen (secondary N) is 1. The fourth-order valence-corrected chi connectivity index (χ4v) is 2.32. The molecule has 21 heavy (non-hydrogen) atoms. The van der Waals surface area contributed by atoms with Gasteiger partial charge in [-0.3, -0.25) is 14.5 Å². The molecule has 0 saturated carbocycles. The zero-order valence-corrected chi connectivity index (χ0v) is 12.3. The predicted molar refractivity (Wildman–Crippen MR) is 78.4 cm³/mol. The van der Waals surface area contributed by atoms with Gasteiger partial charge in [-0.15, -0.1) is 0 Å². The summed E-state index contributed by atoms with van der Waals surface area (Å²) in [5.74, 6) is -1.17. The molecular weight excluding hydrogens is 272 g/mol. The quantitative estimate of drug-likeness (QED) is 0.866. The molecule has 1 aliphatic rings. The monoisotopic (exact) mass is 292 g/mol. The number of carboxylic acid groups (broad SMARTS) is 1. The number of amides is 1. The molecule has 1 aromatic rings. The van der Waals surface area contributed by atoms with Crippen LogP contribution < -0.4 is 5.32 Å². The lowest BCUT2D eigenvalue weighted by molar-refractivity contribution is -0.150. The number of aryl methyl sites for hydroxylation is 1. The molecule has 1 heterocycles. The number of carbonyl (C=O) groups is 2. The molecule has 0 aliphatic carbocycles. The third-order valence-corrected chi connectivity index (χ3v) is 3.75. The summed E-state index contributed by atoms with van der Waals surface area (Å²) >= 11 is 0. The first-order valence-corrected chi connectivity index (χ1v) is 6.89. The zero-order chi connectivity index (χ0) is 15.4. The van der Waals surface area contributed by atoms with Crippen LogP contribution in [0.2, 0.25) is 0 Å². The minimum Gasteiger partial charge on any atom is -0.480 e. The summed E-state index contributed by atoms with van der Waals surface area (Å²) in [6.45, 7) is 4.98. The molecule has 1 aromatic carbocycles. The fourth-order valence-electron chi connectivity index (χ4n) is 2.32. The van der Waals surface area contributed by atoms with Gasteiger partial charge in [0, 0.05) is 12.2 Å². The van der Waals surface area contributed by atoms with E-state index in [0.717, 1.165) is 16.8 Å². The maximum atomic E-state index is 12.1. The first kappa shape index (κ1) is 15.5. The van der Waals surface area contributed by atoms with E-state index in [1.807, 2.05) is 32.0 Å². The van der Waals surface area contributed by atoms with Crippen LogP contribution in [0.5, 0.6) is 0 Å². The molecule has 114 valence electrons. The van der Waals surface area contributed by atoms with Gasteiger partial charge < -0.3 is 15.2 Å². The summed E-state index contributed by atoms with van der Waals surface area (Å²) in [5.41, 5.74) is 2.88. The van der Waals surface area contributed by atoms with Crippen molar-refractivity contribution in [1.82, 2.24) is 4.90 Å². The average molecular weight is 292 g/mol. The molecule has 0 bridgehead atoms. The third kappa shape index (κ3) is 3.80. The van der Waals surface area contributed by atoms with Crippen molar-refractivity contribution in [3.05, 3.63) is 29.3 Å². The maximum absolute atomic E-state index is 12.1. The van der Waals surface area contributed by atoms with Crippen LogP contribution in [0.25, 0.3) is 0 Å². The average Bonchev–Trinajstić information content (AvgIpc) is 2.44. The van der Waals surface area contributed by atoms with Crippen LogP contribution in [0.4, 0.5) is 5.69 Å². The summed E-state index contributed by atoms with van der Waals surface area (Å²) in [7, 11) is 0. The van der Waals surface area contributed by atoms with E-state index in [9.17, 15) is 9.59 Å². The highest BCUT2D eigenvalue weighted by Gasteiger charge is 2.30. The molecule has 2 N–H and O–H groups in total. The Morgan fingerprint density at radius 2 is 2.19 bits per heavy atom. The van der Waals surface area contributed by atoms with Gasteiger partial charge in [-0.25, -0.2) is 0 Å². The van der Waals surface area contributed by atoms with Gasteiger partial charge in [-0.2, -0.15) is 0 Å². The Bertz CT molecular complexity index is 544. The molecule has 6 nitrogen and oxygen atoms in total. The first-order chi connectivity index (χ1) is 9.99. The highest BCUT2D eigenvalue weighted by molar-refractivity contribution is 5.93. The number of anilines is 1. The lowest BCUT2D eigenvalue weighted by Gasteiger charge is -2.32. The molecular formula is C15H20N2O4. The summed E-state index contributed by atoms with van der Waals surface area (Å²) in [6.07, 6.45) is 0. The molecule has 1 unspecified atom stereocenters. The Morgan fingerprint density at radius 1 is 1.43 bits per heavy atom. The molecule has 0 spiro atoms. The van der Waals surface area contributed by atoms with Crippen molar-refractivity contribution < 1.29 is 19.4 Å². The molecule has 1 saturated heterocycles. The Balaban J connectivity index is 2.00. The Labute approximate surface area is 123 Å². The highest BCUT2D eigenvalue weighted by Crippen LogP contribution is 2.18. The molecule has 2 rings (SSSR count). The van der Waals surface area contributed by atoms with Gasteiger partial charge in [0.15, 0.2) is 0 Å². The SMILES string of the molecule is Cc1cccc(NC(=O)CN2CCOCC2C(=O)O)c1C. The van der Waals surface area contributed by atoms with E-state index in [1.54, 1.807) is 4.90 Å². The minimum absolute atomic E-state index is 0.0493. The standard InChI is InChI=1S/C15H20N2O4/c1-10-4-3-5-12(11(10)2)16-14(18)8-17-6-7-21-9-13(17)15(19)20/h3-5,13H,6-9H2,1-2H3,(H,16,18)(H,19,20). The lowest BCUT2D eigenvalue weighted by atomic mass is 10.1. The van der Waals surface area contributed by atoms with Crippen LogP contribution in [-0.4, -0.2) is 54.2 Å². The van der Waals surface area contributed by atoms with Crippen molar-refractivity contribution in [2.75, 3.05) is 31.6 Å². The number of morpholine rings is 1. The number of aliphatic carboxylic acids is 1. The van der Waals surface area contributed by atoms with Crippen molar-refractivity contribution in [2.45, 2.75) is 19.9 Å². The van der Waals surface area contributed by atoms with E-state index < -0.39 is 12.0 Å². The Morgan fingerprint density at radius 3 is 2.90 bits per heavy atom. The third-order valence-electron chi connectivity index (χ3n) is 3.75. The predicted octanol–water partition coefficient (Wildman–Crippen LogP) is 1.03. The molecule has 0 radical (unpaired) electrons. The van der Waals surface area contributed by atoms with Crippen LogP contribution in [-0.2, 0) is 14.3 Å². The number of benzene rings is 1. The second-order valence-electron chi connectivity index (χ2n) is 5.20. The number of ether oxygens (including phenoxy) is 1. The van der Waals surface area contributed by atoms with Crippen LogP contribution in [0.15, 0.2) is 18.2 Å². The number of hydrogen-bond donors (Lipinski definition) is 2. The van der Waals surface area contributed by atoms with Gasteiger partial charge in [0.05, 0.1) is 19.8 Å². The van der Waals surface area contributed by atoms with Crippen LogP contribution >= 0.6 is 0 Å². The molecule has 6 heteroatoms. The lowest BCUT2D eigenvalue weighted by Crippen LogP contribution is -2.52. The Kier molecular flexibility index (Phi) is 4.93. The van der Waals surface area contributed by atoms with E-state index in [4.69, 9.17) is 9.84 Å². The smallest absolute Gasteiger partial charge is 0.323 e.